The summed E-state index contributed by atoms with van der Waals surface area (Å²) in [5.41, 5.74) is 0. The topological polar surface area (TPSA) is 98.9 Å². The third kappa shape index (κ3) is 17.8. The SMILES string of the molecule is NOC(=O)OC(=O)O.[Cl-].[Cl-].[Mg+2]. The molecule has 0 amide bonds. The number of halogens is 2. The molecule has 0 atom stereocenters. The zero-order valence-electron chi connectivity index (χ0n) is 5.12. The first kappa shape index (κ1) is 22.5. The van der Waals surface area contributed by atoms with Gasteiger partial charge in [0.1, 0.15) is 0 Å². The number of carbonyl (C=O) groups is 2. The first-order chi connectivity index (χ1) is 3.66. The molecule has 11 heavy (non-hydrogen) atoms. The average molecular weight is 216 g/mol. The van der Waals surface area contributed by atoms with Crippen LogP contribution >= 0.6 is 0 Å². The van der Waals surface area contributed by atoms with Gasteiger partial charge in [0, 0.05) is 0 Å². The molecule has 0 rings (SSSR count). The average Bonchev–Trinajstić information content (AvgIpc) is 1.65. The van der Waals surface area contributed by atoms with E-state index in [1.807, 2.05) is 0 Å². The summed E-state index contributed by atoms with van der Waals surface area (Å²) in [6, 6.07) is 0. The fourth-order valence-corrected chi connectivity index (χ4v) is 0.0953. The zero-order valence-corrected chi connectivity index (χ0v) is 8.05. The summed E-state index contributed by atoms with van der Waals surface area (Å²) in [6.07, 6.45) is -3.20. The molecular formula is C2H3Cl2MgNO5. The van der Waals surface area contributed by atoms with Crippen molar-refractivity contribution in [1.29, 1.82) is 0 Å². The molecule has 0 aromatic carbocycles. The van der Waals surface area contributed by atoms with Gasteiger partial charge in [-0.15, -0.1) is 0 Å². The maximum Gasteiger partial charge on any atom is 2.00 e. The van der Waals surface area contributed by atoms with Crippen LogP contribution in [0.1, 0.15) is 0 Å². The Morgan fingerprint density at radius 3 is 1.73 bits per heavy atom. The third-order valence-corrected chi connectivity index (χ3v) is 0.267. The molecule has 0 unspecified atom stereocenters. The molecule has 62 valence electrons. The molecule has 0 aliphatic heterocycles. The van der Waals surface area contributed by atoms with Crippen LogP contribution in [-0.4, -0.2) is 40.5 Å². The van der Waals surface area contributed by atoms with Gasteiger partial charge in [0.15, 0.2) is 0 Å². The molecule has 0 bridgehead atoms. The molecule has 0 saturated heterocycles. The van der Waals surface area contributed by atoms with Gasteiger partial charge in [0.05, 0.1) is 0 Å². The Bertz CT molecular complexity index is 121. The van der Waals surface area contributed by atoms with Crippen molar-refractivity contribution in [3.63, 3.8) is 0 Å². The van der Waals surface area contributed by atoms with Gasteiger partial charge in [0.25, 0.3) is 0 Å². The summed E-state index contributed by atoms with van der Waals surface area (Å²) in [5, 5.41) is 7.64. The van der Waals surface area contributed by atoms with Gasteiger partial charge < -0.3 is 39.5 Å². The van der Waals surface area contributed by atoms with E-state index in [0.717, 1.165) is 0 Å². The second-order valence-electron chi connectivity index (χ2n) is 0.736. The van der Waals surface area contributed by atoms with Crippen molar-refractivity contribution in [1.82, 2.24) is 0 Å². The summed E-state index contributed by atoms with van der Waals surface area (Å²) in [5.74, 6) is 4.18. The summed E-state index contributed by atoms with van der Waals surface area (Å²) in [6.45, 7) is 0. The Labute approximate surface area is 90.3 Å². The fourth-order valence-electron chi connectivity index (χ4n) is 0.0953. The van der Waals surface area contributed by atoms with Crippen molar-refractivity contribution in [2.75, 3.05) is 0 Å². The Kier molecular flexibility index (Phi) is 25.9. The van der Waals surface area contributed by atoms with Gasteiger partial charge in [-0.05, 0) is 0 Å². The van der Waals surface area contributed by atoms with Crippen LogP contribution in [0.5, 0.6) is 0 Å². The smallest absolute Gasteiger partial charge is 1.00 e. The van der Waals surface area contributed by atoms with E-state index in [1.54, 1.807) is 0 Å². The summed E-state index contributed by atoms with van der Waals surface area (Å²) >= 11 is 0. The Hall–Kier alpha value is 0.0462. The summed E-state index contributed by atoms with van der Waals surface area (Å²) in [4.78, 5) is 22.4. The number of hydrogen-bond donors (Lipinski definition) is 2. The van der Waals surface area contributed by atoms with E-state index < -0.39 is 12.3 Å². The maximum atomic E-state index is 9.67. The molecule has 9 heteroatoms. The molecule has 3 N–H and O–H groups in total. The zero-order chi connectivity index (χ0) is 6.57. The third-order valence-electron chi connectivity index (χ3n) is 0.267. The quantitative estimate of drug-likeness (QED) is 0.181. The Morgan fingerprint density at radius 1 is 1.27 bits per heavy atom. The van der Waals surface area contributed by atoms with Gasteiger partial charge >= 0.3 is 35.4 Å². The predicted molar refractivity (Wildman–Crippen MR) is 25.5 cm³/mol. The van der Waals surface area contributed by atoms with E-state index in [0.29, 0.717) is 0 Å². The van der Waals surface area contributed by atoms with E-state index in [2.05, 4.69) is 15.5 Å². The molecular weight excluding hydrogens is 213 g/mol. The van der Waals surface area contributed by atoms with Crippen LogP contribution in [0.3, 0.4) is 0 Å². The molecule has 0 heterocycles. The first-order valence-electron chi connectivity index (χ1n) is 1.48. The molecule has 0 saturated carbocycles. The van der Waals surface area contributed by atoms with Crippen LogP contribution in [0.25, 0.3) is 0 Å². The van der Waals surface area contributed by atoms with E-state index in [9.17, 15) is 9.59 Å². The minimum Gasteiger partial charge on any atom is -1.00 e. The largest absolute Gasteiger partial charge is 2.00 e. The van der Waals surface area contributed by atoms with Crippen LogP contribution in [-0.2, 0) is 9.57 Å². The van der Waals surface area contributed by atoms with Gasteiger partial charge in [-0.25, -0.2) is 9.59 Å². The first-order valence-corrected chi connectivity index (χ1v) is 1.48. The number of carboxylic acid groups (broad SMARTS) is 1. The minimum absolute atomic E-state index is 0. The van der Waals surface area contributed by atoms with Crippen LogP contribution in [0, 0.1) is 0 Å². The van der Waals surface area contributed by atoms with Crippen LogP contribution in [0.2, 0.25) is 0 Å². The number of nitrogens with two attached hydrogens (primary N) is 1. The van der Waals surface area contributed by atoms with Crippen molar-refractivity contribution < 1.29 is 49.1 Å². The van der Waals surface area contributed by atoms with Gasteiger partial charge in [-0.2, -0.15) is 5.90 Å². The predicted octanol–water partition coefficient (Wildman–Crippen LogP) is -6.68. The fraction of sp³-hybridized carbons (Fsp3) is 0. The molecule has 0 fully saturated rings. The second kappa shape index (κ2) is 12.7. The molecule has 0 aromatic rings. The summed E-state index contributed by atoms with van der Waals surface area (Å²) in [7, 11) is 0. The van der Waals surface area contributed by atoms with E-state index in [1.165, 1.54) is 0 Å². The van der Waals surface area contributed by atoms with Gasteiger partial charge in [-0.3, -0.25) is 0 Å². The molecule has 0 spiro atoms. The number of hydrogen-bond acceptors (Lipinski definition) is 5. The van der Waals surface area contributed by atoms with Gasteiger partial charge in [0.2, 0.25) is 0 Å². The molecule has 0 radical (unpaired) electrons. The van der Waals surface area contributed by atoms with Crippen molar-refractivity contribution in [2.45, 2.75) is 0 Å². The Morgan fingerprint density at radius 2 is 1.64 bits per heavy atom. The number of ether oxygens (including phenoxy) is 1. The van der Waals surface area contributed by atoms with Gasteiger partial charge in [-0.1, -0.05) is 0 Å². The molecule has 0 aliphatic rings. The molecule has 0 aromatic heterocycles. The van der Waals surface area contributed by atoms with E-state index >= 15 is 0 Å². The van der Waals surface area contributed by atoms with Crippen molar-refractivity contribution >= 4 is 35.4 Å². The molecule has 6 nitrogen and oxygen atoms in total. The van der Waals surface area contributed by atoms with Crippen LogP contribution in [0.4, 0.5) is 9.59 Å². The second-order valence-corrected chi connectivity index (χ2v) is 0.736. The van der Waals surface area contributed by atoms with E-state index in [4.69, 9.17) is 5.11 Å². The van der Waals surface area contributed by atoms with Crippen LogP contribution < -0.4 is 30.7 Å². The standard InChI is InChI=1S/C2H3NO5.2ClH.Mg/c3-8-2(6)7-1(4)5;;;/h3H2,(H,4,5);2*1H;/q;;;+2/p-2. The number of carbonyl (C=O) groups excluding carboxylic acids is 1. The normalized spacial score (nSPS) is 5.55. The Balaban J connectivity index is -0.0000000817. The minimum atomic E-state index is -1.75. The van der Waals surface area contributed by atoms with Crippen molar-refractivity contribution in [3.8, 4) is 0 Å². The van der Waals surface area contributed by atoms with E-state index in [-0.39, 0.29) is 47.9 Å². The molecule has 0 aliphatic carbocycles. The van der Waals surface area contributed by atoms with Crippen molar-refractivity contribution in [2.24, 2.45) is 5.90 Å². The monoisotopic (exact) mass is 215 g/mol. The maximum absolute atomic E-state index is 9.67. The number of rotatable bonds is 0. The van der Waals surface area contributed by atoms with Crippen molar-refractivity contribution in [3.05, 3.63) is 0 Å². The van der Waals surface area contributed by atoms with Crippen LogP contribution in [0.15, 0.2) is 0 Å². The summed E-state index contributed by atoms with van der Waals surface area (Å²) < 4.78 is 3.33.